The maximum atomic E-state index is 13.4. The molecule has 1 heterocycles. The number of alkyl halides is 3. The standard InChI is InChI=1S/C29H31F3O8S/c1-35-28-27(40-41(33,34)29(30,31)32)26(38-19-23-15-9-4-10-16-23)25(37-18-22-13-7-3-8-14-22)24(39-28)20-36-17-21-11-5-2-6-12-21/h2-16,24-28H,17-20H2,1H3/t24-,25-,26+,27-,28+/m1/s1. The Bertz CT molecular complexity index is 1290. The normalized spacial score (nSPS) is 23.4. The Morgan fingerprint density at radius 3 is 1.63 bits per heavy atom. The minimum absolute atomic E-state index is 0.0334. The molecule has 4 rings (SSSR count). The van der Waals surface area contributed by atoms with E-state index in [1.165, 1.54) is 7.11 Å². The Labute approximate surface area is 237 Å². The number of hydrogen-bond acceptors (Lipinski definition) is 8. The highest BCUT2D eigenvalue weighted by Gasteiger charge is 2.55. The molecule has 3 aromatic carbocycles. The van der Waals surface area contributed by atoms with Crippen LogP contribution in [-0.2, 0) is 57.8 Å². The molecule has 1 aliphatic heterocycles. The van der Waals surface area contributed by atoms with E-state index in [0.29, 0.717) is 5.56 Å². The summed E-state index contributed by atoms with van der Waals surface area (Å²) in [5.41, 5.74) is -3.31. The van der Waals surface area contributed by atoms with Crippen LogP contribution < -0.4 is 0 Å². The topological polar surface area (TPSA) is 89.5 Å². The molecule has 1 saturated heterocycles. The molecule has 3 aromatic rings. The van der Waals surface area contributed by atoms with Crippen molar-refractivity contribution in [1.82, 2.24) is 0 Å². The molecule has 0 spiro atoms. The molecule has 5 atom stereocenters. The summed E-state index contributed by atoms with van der Waals surface area (Å²) in [6.45, 7) is 0.127. The molecule has 0 N–H and O–H groups in total. The Hall–Kier alpha value is -2.84. The van der Waals surface area contributed by atoms with Gasteiger partial charge in [0.2, 0.25) is 0 Å². The second-order valence-corrected chi connectivity index (χ2v) is 10.8. The molecule has 0 aliphatic carbocycles. The van der Waals surface area contributed by atoms with Gasteiger partial charge in [0, 0.05) is 7.11 Å². The lowest BCUT2D eigenvalue weighted by molar-refractivity contribution is -0.308. The van der Waals surface area contributed by atoms with Crippen molar-refractivity contribution in [1.29, 1.82) is 0 Å². The van der Waals surface area contributed by atoms with Gasteiger partial charge in [0.05, 0.1) is 26.4 Å². The lowest BCUT2D eigenvalue weighted by atomic mass is 9.98. The summed E-state index contributed by atoms with van der Waals surface area (Å²) < 4.78 is 98.4. The lowest BCUT2D eigenvalue weighted by Gasteiger charge is -2.45. The van der Waals surface area contributed by atoms with E-state index < -0.39 is 46.3 Å². The third-order valence-corrected chi connectivity index (χ3v) is 7.35. The third-order valence-electron chi connectivity index (χ3n) is 6.31. The van der Waals surface area contributed by atoms with E-state index in [2.05, 4.69) is 0 Å². The van der Waals surface area contributed by atoms with E-state index in [1.807, 2.05) is 60.7 Å². The molecule has 0 unspecified atom stereocenters. The quantitative estimate of drug-likeness (QED) is 0.202. The number of ether oxygens (including phenoxy) is 5. The molecule has 1 fully saturated rings. The van der Waals surface area contributed by atoms with Crippen molar-refractivity contribution >= 4 is 10.1 Å². The van der Waals surface area contributed by atoms with E-state index in [0.717, 1.165) is 11.1 Å². The highest BCUT2D eigenvalue weighted by atomic mass is 32.2. The summed E-state index contributed by atoms with van der Waals surface area (Å²) in [4.78, 5) is 0. The smallest absolute Gasteiger partial charge is 0.374 e. The molecule has 0 bridgehead atoms. The van der Waals surface area contributed by atoms with Crippen LogP contribution in [-0.4, -0.2) is 58.3 Å². The van der Waals surface area contributed by atoms with Crippen molar-refractivity contribution in [3.8, 4) is 0 Å². The third kappa shape index (κ3) is 8.58. The highest BCUT2D eigenvalue weighted by Crippen LogP contribution is 2.34. The van der Waals surface area contributed by atoms with E-state index in [4.69, 9.17) is 27.9 Å². The number of rotatable bonds is 13. The van der Waals surface area contributed by atoms with Gasteiger partial charge in [-0.25, -0.2) is 0 Å². The zero-order chi connectivity index (χ0) is 29.3. The van der Waals surface area contributed by atoms with Crippen molar-refractivity contribution in [3.63, 3.8) is 0 Å². The maximum absolute atomic E-state index is 13.4. The van der Waals surface area contributed by atoms with Gasteiger partial charge in [0.15, 0.2) is 12.4 Å². The largest absolute Gasteiger partial charge is 0.523 e. The van der Waals surface area contributed by atoms with Crippen LogP contribution in [0.5, 0.6) is 0 Å². The predicted octanol–water partition coefficient (Wildman–Crippen LogP) is 4.98. The molecule has 0 amide bonds. The molecule has 0 radical (unpaired) electrons. The average molecular weight is 597 g/mol. The lowest BCUT2D eigenvalue weighted by Crippen LogP contribution is -2.62. The molecule has 222 valence electrons. The summed E-state index contributed by atoms with van der Waals surface area (Å²) in [6.07, 6.45) is -6.77. The van der Waals surface area contributed by atoms with E-state index in [9.17, 15) is 21.6 Å². The summed E-state index contributed by atoms with van der Waals surface area (Å²) in [7, 11) is -4.87. The molecule has 8 nitrogen and oxygen atoms in total. The van der Waals surface area contributed by atoms with Gasteiger partial charge in [-0.1, -0.05) is 91.0 Å². The zero-order valence-corrected chi connectivity index (χ0v) is 23.0. The van der Waals surface area contributed by atoms with Crippen LogP contribution in [0.1, 0.15) is 16.7 Å². The first-order chi connectivity index (χ1) is 19.7. The van der Waals surface area contributed by atoms with Gasteiger partial charge >= 0.3 is 15.6 Å². The van der Waals surface area contributed by atoms with Crippen LogP contribution >= 0.6 is 0 Å². The second-order valence-electron chi connectivity index (χ2n) is 9.26. The Kier molecular flexibility index (Phi) is 10.9. The molecule has 0 saturated carbocycles. The number of hydrogen-bond donors (Lipinski definition) is 0. The van der Waals surface area contributed by atoms with Crippen LogP contribution in [0, 0.1) is 0 Å². The SMILES string of the molecule is CO[C@H]1O[C@H](COCc2ccccc2)[C@@H](OCc2ccccc2)[C@H](OCc2ccccc2)[C@H]1OS(=O)(=O)C(F)(F)F. The van der Waals surface area contributed by atoms with Crippen molar-refractivity contribution < 1.29 is 49.5 Å². The average Bonchev–Trinajstić information content (AvgIpc) is 2.97. The fraction of sp³-hybridized carbons (Fsp3) is 0.379. The van der Waals surface area contributed by atoms with Gasteiger partial charge in [0.1, 0.15) is 18.3 Å². The van der Waals surface area contributed by atoms with Crippen molar-refractivity contribution in [2.24, 2.45) is 0 Å². The van der Waals surface area contributed by atoms with Crippen LogP contribution in [0.15, 0.2) is 91.0 Å². The Balaban J connectivity index is 1.64. The second kappa shape index (κ2) is 14.4. The van der Waals surface area contributed by atoms with Crippen LogP contribution in [0.4, 0.5) is 13.2 Å². The first kappa shape index (κ1) is 31.1. The maximum Gasteiger partial charge on any atom is 0.523 e. The molecular weight excluding hydrogens is 565 g/mol. The Morgan fingerprint density at radius 1 is 0.707 bits per heavy atom. The highest BCUT2D eigenvalue weighted by molar-refractivity contribution is 7.87. The van der Waals surface area contributed by atoms with Crippen molar-refractivity contribution in [2.75, 3.05) is 13.7 Å². The van der Waals surface area contributed by atoms with Crippen LogP contribution in [0.25, 0.3) is 0 Å². The number of methoxy groups -OCH3 is 1. The first-order valence-electron chi connectivity index (χ1n) is 12.8. The molecular formula is C29H31F3O8S. The van der Waals surface area contributed by atoms with Gasteiger partial charge in [-0.05, 0) is 16.7 Å². The fourth-order valence-electron chi connectivity index (χ4n) is 4.30. The summed E-state index contributed by atoms with van der Waals surface area (Å²) in [5.74, 6) is 0. The summed E-state index contributed by atoms with van der Waals surface area (Å²) in [6, 6.07) is 27.3. The van der Waals surface area contributed by atoms with E-state index in [1.54, 1.807) is 30.3 Å². The number of benzene rings is 3. The Morgan fingerprint density at radius 2 is 1.17 bits per heavy atom. The number of halogens is 3. The van der Waals surface area contributed by atoms with Gasteiger partial charge in [-0.2, -0.15) is 21.6 Å². The van der Waals surface area contributed by atoms with Gasteiger partial charge < -0.3 is 23.7 Å². The van der Waals surface area contributed by atoms with Crippen LogP contribution in [0.3, 0.4) is 0 Å². The summed E-state index contributed by atoms with van der Waals surface area (Å²) >= 11 is 0. The summed E-state index contributed by atoms with van der Waals surface area (Å²) in [5, 5.41) is 0. The van der Waals surface area contributed by atoms with Crippen molar-refractivity contribution in [2.45, 2.75) is 56.0 Å². The van der Waals surface area contributed by atoms with Gasteiger partial charge in [-0.15, -0.1) is 0 Å². The van der Waals surface area contributed by atoms with Gasteiger partial charge in [-0.3, -0.25) is 4.18 Å². The monoisotopic (exact) mass is 596 g/mol. The van der Waals surface area contributed by atoms with Crippen molar-refractivity contribution in [3.05, 3.63) is 108 Å². The molecule has 41 heavy (non-hydrogen) atoms. The van der Waals surface area contributed by atoms with E-state index in [-0.39, 0.29) is 26.4 Å². The molecule has 1 aliphatic rings. The molecule has 12 heteroatoms. The zero-order valence-electron chi connectivity index (χ0n) is 22.2. The fourth-order valence-corrected chi connectivity index (χ4v) is 4.90. The minimum atomic E-state index is -6.04. The predicted molar refractivity (Wildman–Crippen MR) is 142 cm³/mol. The van der Waals surface area contributed by atoms with Gasteiger partial charge in [0.25, 0.3) is 0 Å². The molecule has 0 aromatic heterocycles. The minimum Gasteiger partial charge on any atom is -0.374 e. The van der Waals surface area contributed by atoms with Crippen LogP contribution in [0.2, 0.25) is 0 Å². The van der Waals surface area contributed by atoms with E-state index >= 15 is 0 Å². The first-order valence-corrected chi connectivity index (χ1v) is 14.2.